The molecule has 0 N–H and O–H groups in total. The molecule has 3 aromatic rings. The molecule has 0 fully saturated rings. The quantitative estimate of drug-likeness (QED) is 0.613. The Balaban J connectivity index is 1.83. The number of hydrogen-bond acceptors (Lipinski definition) is 8. The summed E-state index contributed by atoms with van der Waals surface area (Å²) in [5.41, 5.74) is 3.29. The molecule has 0 radical (unpaired) electrons. The van der Waals surface area contributed by atoms with Crippen LogP contribution in [0.15, 0.2) is 55.0 Å². The highest BCUT2D eigenvalue weighted by molar-refractivity contribution is 5.89. The third-order valence-electron chi connectivity index (χ3n) is 4.69. The lowest BCUT2D eigenvalue weighted by molar-refractivity contribution is -0.144. The summed E-state index contributed by atoms with van der Waals surface area (Å²) < 4.78 is 11.0. The van der Waals surface area contributed by atoms with Crippen molar-refractivity contribution in [1.82, 2.24) is 15.0 Å². The van der Waals surface area contributed by atoms with Crippen molar-refractivity contribution in [2.75, 3.05) is 30.7 Å². The molecular weight excluding hydrogens is 370 g/mol. The summed E-state index contributed by atoms with van der Waals surface area (Å²) in [5, 5.41) is 0. The fraction of sp³-hybridized carbons (Fsp3) is 0.238. The minimum Gasteiger partial charge on any atom is -0.451 e. The van der Waals surface area contributed by atoms with Crippen LogP contribution >= 0.6 is 0 Å². The predicted octanol–water partition coefficient (Wildman–Crippen LogP) is 3.35. The van der Waals surface area contributed by atoms with Gasteiger partial charge in [-0.15, -0.1) is 0 Å². The number of rotatable bonds is 5. The van der Waals surface area contributed by atoms with Gasteiger partial charge in [-0.25, -0.2) is 9.97 Å². The number of anilines is 4. The van der Waals surface area contributed by atoms with Gasteiger partial charge in [0.15, 0.2) is 17.7 Å². The van der Waals surface area contributed by atoms with Gasteiger partial charge in [-0.2, -0.15) is 0 Å². The Morgan fingerprint density at radius 3 is 2.52 bits per heavy atom. The van der Waals surface area contributed by atoms with Crippen molar-refractivity contribution in [3.8, 4) is 0 Å². The van der Waals surface area contributed by atoms with Crippen molar-refractivity contribution in [3.05, 3.63) is 66.2 Å². The van der Waals surface area contributed by atoms with Gasteiger partial charge in [-0.3, -0.25) is 14.7 Å². The minimum atomic E-state index is -0.614. The number of hydrogen-bond donors (Lipinski definition) is 0. The SMILES string of the molecule is COCN1c2cc(C(OC(C)=O)c3ccccn3)ccc2N(C)c2nccnc21. The first-order valence-electron chi connectivity index (χ1n) is 9.13. The smallest absolute Gasteiger partial charge is 0.303 e. The number of pyridine rings is 1. The Morgan fingerprint density at radius 1 is 1.03 bits per heavy atom. The fourth-order valence-electron chi connectivity index (χ4n) is 3.44. The summed E-state index contributed by atoms with van der Waals surface area (Å²) in [6.45, 7) is 1.70. The van der Waals surface area contributed by atoms with Gasteiger partial charge in [0, 0.05) is 45.2 Å². The molecule has 29 heavy (non-hydrogen) atoms. The Bertz CT molecular complexity index is 1030. The number of methoxy groups -OCH3 is 1. The summed E-state index contributed by atoms with van der Waals surface area (Å²) in [6, 6.07) is 11.4. The molecule has 0 bridgehead atoms. The van der Waals surface area contributed by atoms with E-state index in [0.29, 0.717) is 18.2 Å². The molecule has 0 amide bonds. The van der Waals surface area contributed by atoms with E-state index in [-0.39, 0.29) is 5.97 Å². The topological polar surface area (TPSA) is 80.7 Å². The Kier molecular flexibility index (Phi) is 5.09. The van der Waals surface area contributed by atoms with E-state index in [1.807, 2.05) is 53.2 Å². The molecule has 1 atom stereocenters. The van der Waals surface area contributed by atoms with E-state index >= 15 is 0 Å². The largest absolute Gasteiger partial charge is 0.451 e. The number of carbonyl (C=O) groups is 1. The minimum absolute atomic E-state index is 0.303. The molecule has 8 heteroatoms. The highest BCUT2D eigenvalue weighted by Crippen LogP contribution is 2.46. The lowest BCUT2D eigenvalue weighted by Gasteiger charge is -2.36. The van der Waals surface area contributed by atoms with E-state index in [0.717, 1.165) is 22.8 Å². The van der Waals surface area contributed by atoms with E-state index in [1.165, 1.54) is 6.92 Å². The van der Waals surface area contributed by atoms with Crippen molar-refractivity contribution in [3.63, 3.8) is 0 Å². The first-order valence-corrected chi connectivity index (χ1v) is 9.13. The van der Waals surface area contributed by atoms with Crippen LogP contribution in [0.3, 0.4) is 0 Å². The number of benzene rings is 1. The Hall–Kier alpha value is -3.52. The molecule has 0 saturated carbocycles. The maximum Gasteiger partial charge on any atom is 0.303 e. The molecule has 1 unspecified atom stereocenters. The molecule has 0 saturated heterocycles. The molecule has 1 aromatic carbocycles. The third-order valence-corrected chi connectivity index (χ3v) is 4.69. The van der Waals surface area contributed by atoms with Crippen LogP contribution in [0, 0.1) is 0 Å². The number of fused-ring (bicyclic) bond motifs is 2. The van der Waals surface area contributed by atoms with Crippen molar-refractivity contribution >= 4 is 29.0 Å². The fourth-order valence-corrected chi connectivity index (χ4v) is 3.44. The van der Waals surface area contributed by atoms with Crippen LogP contribution in [-0.2, 0) is 14.3 Å². The second-order valence-electron chi connectivity index (χ2n) is 6.60. The lowest BCUT2D eigenvalue weighted by atomic mass is 10.0. The Labute approximate surface area is 168 Å². The lowest BCUT2D eigenvalue weighted by Crippen LogP contribution is -2.30. The predicted molar refractivity (Wildman–Crippen MR) is 108 cm³/mol. The molecule has 0 aliphatic carbocycles. The molecule has 2 aromatic heterocycles. The molecule has 1 aliphatic heterocycles. The van der Waals surface area contributed by atoms with Gasteiger partial charge < -0.3 is 14.4 Å². The van der Waals surface area contributed by atoms with Gasteiger partial charge in [0.25, 0.3) is 0 Å². The number of ether oxygens (including phenoxy) is 2. The van der Waals surface area contributed by atoms with Crippen LogP contribution in [0.5, 0.6) is 0 Å². The zero-order valence-corrected chi connectivity index (χ0v) is 16.4. The first kappa shape index (κ1) is 18.8. The van der Waals surface area contributed by atoms with Crippen molar-refractivity contribution in [2.24, 2.45) is 0 Å². The van der Waals surface area contributed by atoms with E-state index in [2.05, 4.69) is 15.0 Å². The number of nitrogens with zero attached hydrogens (tertiary/aromatic N) is 5. The van der Waals surface area contributed by atoms with Gasteiger partial charge in [-0.1, -0.05) is 12.1 Å². The van der Waals surface area contributed by atoms with Crippen molar-refractivity contribution in [1.29, 1.82) is 0 Å². The van der Waals surface area contributed by atoms with Gasteiger partial charge in [0.2, 0.25) is 0 Å². The zero-order valence-electron chi connectivity index (χ0n) is 16.4. The second kappa shape index (κ2) is 7.84. The molecule has 0 spiro atoms. The molecule has 3 heterocycles. The van der Waals surface area contributed by atoms with Crippen LogP contribution < -0.4 is 9.80 Å². The highest BCUT2D eigenvalue weighted by atomic mass is 16.5. The monoisotopic (exact) mass is 391 g/mol. The van der Waals surface area contributed by atoms with Crippen molar-refractivity contribution in [2.45, 2.75) is 13.0 Å². The van der Waals surface area contributed by atoms with Crippen LogP contribution in [0.2, 0.25) is 0 Å². The molecule has 1 aliphatic rings. The van der Waals surface area contributed by atoms with Gasteiger partial charge in [0.05, 0.1) is 17.1 Å². The number of esters is 1. The summed E-state index contributed by atoms with van der Waals surface area (Å²) in [5.74, 6) is 1.06. The normalized spacial score (nSPS) is 13.5. The summed E-state index contributed by atoms with van der Waals surface area (Å²) in [4.78, 5) is 29.0. The Morgan fingerprint density at radius 2 is 1.83 bits per heavy atom. The van der Waals surface area contributed by atoms with Crippen LogP contribution in [-0.4, -0.2) is 41.8 Å². The molecular formula is C21H21N5O3. The summed E-state index contributed by atoms with van der Waals surface area (Å²) in [6.07, 6.45) is 4.38. The number of carbonyl (C=O) groups excluding carboxylic acids is 1. The molecule has 4 rings (SSSR count). The maximum absolute atomic E-state index is 11.8. The standard InChI is InChI=1S/C21H21N5O3/c1-14(27)29-19(16-6-4-5-9-22-16)15-7-8-17-18(12-15)26(13-28-3)21-20(25(17)2)23-10-11-24-21/h4-12,19H,13H2,1-3H3. The van der Waals surface area contributed by atoms with E-state index in [1.54, 1.807) is 25.7 Å². The first-order chi connectivity index (χ1) is 14.1. The molecule has 8 nitrogen and oxygen atoms in total. The average Bonchev–Trinajstić information content (AvgIpc) is 2.75. The van der Waals surface area contributed by atoms with E-state index < -0.39 is 6.10 Å². The zero-order chi connectivity index (χ0) is 20.4. The maximum atomic E-state index is 11.8. The summed E-state index contributed by atoms with van der Waals surface area (Å²) in [7, 11) is 3.58. The van der Waals surface area contributed by atoms with Gasteiger partial charge in [-0.05, 0) is 24.3 Å². The van der Waals surface area contributed by atoms with Crippen LogP contribution in [0.4, 0.5) is 23.0 Å². The third kappa shape index (κ3) is 3.50. The van der Waals surface area contributed by atoms with Crippen LogP contribution in [0.25, 0.3) is 0 Å². The number of aromatic nitrogens is 3. The average molecular weight is 391 g/mol. The molecule has 148 valence electrons. The van der Waals surface area contributed by atoms with Crippen molar-refractivity contribution < 1.29 is 14.3 Å². The summed E-state index contributed by atoms with van der Waals surface area (Å²) >= 11 is 0. The van der Waals surface area contributed by atoms with E-state index in [4.69, 9.17) is 9.47 Å². The van der Waals surface area contributed by atoms with Crippen LogP contribution in [0.1, 0.15) is 24.3 Å². The van der Waals surface area contributed by atoms with E-state index in [9.17, 15) is 4.79 Å². The second-order valence-corrected chi connectivity index (χ2v) is 6.60. The highest BCUT2D eigenvalue weighted by Gasteiger charge is 2.30. The van der Waals surface area contributed by atoms with Gasteiger partial charge in [0.1, 0.15) is 6.73 Å². The van der Waals surface area contributed by atoms with Gasteiger partial charge >= 0.3 is 5.97 Å².